The van der Waals surface area contributed by atoms with Crippen LogP contribution in [-0.4, -0.2) is 11.1 Å². The van der Waals surface area contributed by atoms with Gasteiger partial charge in [0.1, 0.15) is 0 Å². The highest BCUT2D eigenvalue weighted by Crippen LogP contribution is 2.20. The van der Waals surface area contributed by atoms with Crippen molar-refractivity contribution in [1.82, 2.24) is 5.32 Å². The smallest absolute Gasteiger partial charge is 0.305 e. The van der Waals surface area contributed by atoms with E-state index in [1.807, 2.05) is 54.6 Å². The van der Waals surface area contributed by atoms with Crippen LogP contribution < -0.4 is 5.32 Å². The van der Waals surface area contributed by atoms with Gasteiger partial charge in [-0.2, -0.15) is 0 Å². The highest BCUT2D eigenvalue weighted by Gasteiger charge is 2.14. The molecule has 104 valence electrons. The van der Waals surface area contributed by atoms with Crippen LogP contribution >= 0.6 is 15.9 Å². The van der Waals surface area contributed by atoms with E-state index in [0.717, 1.165) is 15.6 Å². The Kier molecular flexibility index (Phi) is 5.32. The van der Waals surface area contributed by atoms with Crippen molar-refractivity contribution in [2.45, 2.75) is 19.0 Å². The lowest BCUT2D eigenvalue weighted by atomic mass is 10.0. The predicted molar refractivity (Wildman–Crippen MR) is 82.4 cm³/mol. The van der Waals surface area contributed by atoms with Crippen molar-refractivity contribution in [3.05, 3.63) is 70.2 Å². The third-order valence-corrected chi connectivity index (χ3v) is 3.58. The second kappa shape index (κ2) is 7.22. The van der Waals surface area contributed by atoms with Crippen LogP contribution in [0.1, 0.15) is 23.6 Å². The molecule has 0 radical (unpaired) electrons. The Morgan fingerprint density at radius 1 is 1.10 bits per heavy atom. The molecule has 0 amide bonds. The van der Waals surface area contributed by atoms with Gasteiger partial charge in [0.2, 0.25) is 0 Å². The van der Waals surface area contributed by atoms with E-state index in [2.05, 4.69) is 21.2 Å². The first-order valence-electron chi connectivity index (χ1n) is 6.40. The Bertz CT molecular complexity index is 554. The molecule has 20 heavy (non-hydrogen) atoms. The highest BCUT2D eigenvalue weighted by atomic mass is 79.9. The topological polar surface area (TPSA) is 49.3 Å². The van der Waals surface area contributed by atoms with Gasteiger partial charge in [0.15, 0.2) is 0 Å². The van der Waals surface area contributed by atoms with Crippen molar-refractivity contribution >= 4 is 21.9 Å². The Hall–Kier alpha value is -1.65. The molecule has 2 rings (SSSR count). The number of benzene rings is 2. The zero-order chi connectivity index (χ0) is 14.4. The molecule has 0 heterocycles. The van der Waals surface area contributed by atoms with E-state index < -0.39 is 5.97 Å². The number of carboxylic acid groups (broad SMARTS) is 1. The fraction of sp³-hybridized carbons (Fsp3) is 0.188. The fourth-order valence-corrected chi connectivity index (χ4v) is 2.28. The normalized spacial score (nSPS) is 12.1. The minimum Gasteiger partial charge on any atom is -0.481 e. The Balaban J connectivity index is 2.07. The van der Waals surface area contributed by atoms with Gasteiger partial charge >= 0.3 is 5.97 Å². The summed E-state index contributed by atoms with van der Waals surface area (Å²) in [5.41, 5.74) is 2.12. The molecule has 0 aromatic heterocycles. The number of hydrogen-bond donors (Lipinski definition) is 2. The van der Waals surface area contributed by atoms with Crippen molar-refractivity contribution in [3.63, 3.8) is 0 Å². The number of halogens is 1. The zero-order valence-corrected chi connectivity index (χ0v) is 12.5. The van der Waals surface area contributed by atoms with Crippen LogP contribution in [0.5, 0.6) is 0 Å². The summed E-state index contributed by atoms with van der Waals surface area (Å²) >= 11 is 3.38. The molecule has 0 unspecified atom stereocenters. The number of carbonyl (C=O) groups is 1. The molecule has 0 saturated heterocycles. The average molecular weight is 334 g/mol. The first kappa shape index (κ1) is 14.8. The molecular formula is C16H16BrNO2. The van der Waals surface area contributed by atoms with Gasteiger partial charge in [0.05, 0.1) is 6.42 Å². The molecule has 2 aromatic rings. The van der Waals surface area contributed by atoms with Gasteiger partial charge in [-0.25, -0.2) is 0 Å². The third kappa shape index (κ3) is 4.47. The van der Waals surface area contributed by atoms with E-state index in [1.54, 1.807) is 0 Å². The SMILES string of the molecule is O=C(O)C[C@@H](NCc1ccccc1)c1ccc(Br)cc1. The van der Waals surface area contributed by atoms with Crippen LogP contribution in [0, 0.1) is 0 Å². The van der Waals surface area contributed by atoms with E-state index in [9.17, 15) is 4.79 Å². The summed E-state index contributed by atoms with van der Waals surface area (Å²) in [6.07, 6.45) is 0.0640. The van der Waals surface area contributed by atoms with Crippen LogP contribution in [0.3, 0.4) is 0 Å². The lowest BCUT2D eigenvalue weighted by molar-refractivity contribution is -0.137. The van der Waals surface area contributed by atoms with Gasteiger partial charge in [-0.15, -0.1) is 0 Å². The second-order valence-corrected chi connectivity index (χ2v) is 5.48. The van der Waals surface area contributed by atoms with E-state index >= 15 is 0 Å². The molecule has 1 atom stereocenters. The quantitative estimate of drug-likeness (QED) is 0.846. The first-order chi connectivity index (χ1) is 9.65. The molecule has 0 bridgehead atoms. The number of aliphatic carboxylic acids is 1. The van der Waals surface area contributed by atoms with Gasteiger partial charge < -0.3 is 10.4 Å². The lowest BCUT2D eigenvalue weighted by Crippen LogP contribution is -2.23. The summed E-state index contributed by atoms with van der Waals surface area (Å²) in [5, 5.41) is 12.4. The lowest BCUT2D eigenvalue weighted by Gasteiger charge is -2.17. The van der Waals surface area contributed by atoms with Crippen LogP contribution in [-0.2, 0) is 11.3 Å². The minimum atomic E-state index is -0.807. The van der Waals surface area contributed by atoms with Crippen LogP contribution in [0.4, 0.5) is 0 Å². The molecule has 3 nitrogen and oxygen atoms in total. The summed E-state index contributed by atoms with van der Waals surface area (Å²) < 4.78 is 0.985. The molecule has 0 fully saturated rings. The third-order valence-electron chi connectivity index (χ3n) is 3.05. The molecule has 0 aliphatic heterocycles. The van der Waals surface area contributed by atoms with Gasteiger partial charge in [-0.3, -0.25) is 4.79 Å². The minimum absolute atomic E-state index is 0.0640. The highest BCUT2D eigenvalue weighted by molar-refractivity contribution is 9.10. The molecular weight excluding hydrogens is 318 g/mol. The maximum atomic E-state index is 11.0. The van der Waals surface area contributed by atoms with Crippen molar-refractivity contribution in [2.75, 3.05) is 0 Å². The second-order valence-electron chi connectivity index (χ2n) is 4.57. The fourth-order valence-electron chi connectivity index (χ4n) is 2.01. The van der Waals surface area contributed by atoms with E-state index in [1.165, 1.54) is 0 Å². The Labute approximate surface area is 126 Å². The number of carboxylic acids is 1. The maximum absolute atomic E-state index is 11.0. The number of rotatable bonds is 6. The number of hydrogen-bond acceptors (Lipinski definition) is 2. The van der Waals surface area contributed by atoms with Crippen molar-refractivity contribution in [3.8, 4) is 0 Å². The summed E-state index contributed by atoms with van der Waals surface area (Å²) in [4.78, 5) is 11.0. The van der Waals surface area contributed by atoms with Gasteiger partial charge in [0.25, 0.3) is 0 Å². The van der Waals surface area contributed by atoms with Crippen LogP contribution in [0.25, 0.3) is 0 Å². The van der Waals surface area contributed by atoms with E-state index in [4.69, 9.17) is 5.11 Å². The molecule has 0 aliphatic rings. The summed E-state index contributed by atoms with van der Waals surface area (Å²) in [6.45, 7) is 0.648. The summed E-state index contributed by atoms with van der Waals surface area (Å²) in [5.74, 6) is -0.807. The summed E-state index contributed by atoms with van der Waals surface area (Å²) in [6, 6.07) is 17.5. The van der Waals surface area contributed by atoms with Crippen LogP contribution in [0.2, 0.25) is 0 Å². The largest absolute Gasteiger partial charge is 0.481 e. The molecule has 4 heteroatoms. The van der Waals surface area contributed by atoms with Gasteiger partial charge in [0, 0.05) is 17.1 Å². The molecule has 0 spiro atoms. The monoisotopic (exact) mass is 333 g/mol. The molecule has 2 N–H and O–H groups in total. The Morgan fingerprint density at radius 3 is 2.35 bits per heavy atom. The predicted octanol–water partition coefficient (Wildman–Crippen LogP) is 3.75. The summed E-state index contributed by atoms with van der Waals surface area (Å²) in [7, 11) is 0. The van der Waals surface area contributed by atoms with Gasteiger partial charge in [-0.1, -0.05) is 58.4 Å². The molecule has 0 saturated carbocycles. The number of nitrogens with one attached hydrogen (secondary N) is 1. The zero-order valence-electron chi connectivity index (χ0n) is 10.9. The molecule has 2 aromatic carbocycles. The Morgan fingerprint density at radius 2 is 1.75 bits per heavy atom. The van der Waals surface area contributed by atoms with E-state index in [0.29, 0.717) is 6.54 Å². The van der Waals surface area contributed by atoms with E-state index in [-0.39, 0.29) is 12.5 Å². The van der Waals surface area contributed by atoms with Crippen LogP contribution in [0.15, 0.2) is 59.1 Å². The van der Waals surface area contributed by atoms with Crippen molar-refractivity contribution in [1.29, 1.82) is 0 Å². The average Bonchev–Trinajstić information content (AvgIpc) is 2.45. The van der Waals surface area contributed by atoms with Crippen molar-refractivity contribution < 1.29 is 9.90 Å². The van der Waals surface area contributed by atoms with Crippen molar-refractivity contribution in [2.24, 2.45) is 0 Å². The maximum Gasteiger partial charge on any atom is 0.305 e. The standard InChI is InChI=1S/C16H16BrNO2/c17-14-8-6-13(7-9-14)15(10-16(19)20)18-11-12-4-2-1-3-5-12/h1-9,15,18H,10-11H2,(H,19,20)/t15-/m1/s1. The first-order valence-corrected chi connectivity index (χ1v) is 7.19. The van der Waals surface area contributed by atoms with Gasteiger partial charge in [-0.05, 0) is 23.3 Å². The molecule has 0 aliphatic carbocycles.